The second-order valence-electron chi connectivity index (χ2n) is 7.29. The van der Waals surface area contributed by atoms with Crippen LogP contribution in [0.2, 0.25) is 0 Å². The number of nitrogens with zero attached hydrogens (tertiary/aromatic N) is 3. The number of pyridine rings is 1. The summed E-state index contributed by atoms with van der Waals surface area (Å²) in [5, 5.41) is 2.52. The van der Waals surface area contributed by atoms with Gasteiger partial charge in [-0.3, -0.25) is 9.59 Å². The Bertz CT molecular complexity index is 848. The van der Waals surface area contributed by atoms with Crippen LogP contribution in [0.4, 0.5) is 14.6 Å². The molecule has 6 nitrogen and oxygen atoms in total. The van der Waals surface area contributed by atoms with E-state index in [4.69, 9.17) is 0 Å². The molecule has 2 amide bonds. The van der Waals surface area contributed by atoms with Crippen LogP contribution in [0.15, 0.2) is 42.6 Å². The molecule has 1 aliphatic heterocycles. The fourth-order valence-corrected chi connectivity index (χ4v) is 3.34. The molecule has 2 heterocycles. The minimum Gasteiger partial charge on any atom is -0.353 e. The van der Waals surface area contributed by atoms with Gasteiger partial charge in [-0.05, 0) is 30.2 Å². The molecule has 1 unspecified atom stereocenters. The first-order valence-corrected chi connectivity index (χ1v) is 9.58. The van der Waals surface area contributed by atoms with Crippen molar-refractivity contribution >= 4 is 17.6 Å². The van der Waals surface area contributed by atoms with Crippen LogP contribution >= 0.6 is 0 Å². The van der Waals surface area contributed by atoms with Crippen molar-refractivity contribution in [2.75, 3.05) is 31.1 Å². The summed E-state index contributed by atoms with van der Waals surface area (Å²) in [6.07, 6.45) is 1.72. The zero-order valence-electron chi connectivity index (χ0n) is 16.4. The van der Waals surface area contributed by atoms with Gasteiger partial charge in [0, 0.05) is 32.4 Å². The van der Waals surface area contributed by atoms with Gasteiger partial charge >= 0.3 is 0 Å². The van der Waals surface area contributed by atoms with E-state index in [9.17, 15) is 18.4 Å². The normalized spacial score (nSPS) is 15.3. The standard InChI is InChI=1S/C21H24F2N4O2/c1-14(2)19(25-20(28)18-15(22)6-5-7-16(18)23)21(29)27-12-10-26(11-13-27)17-8-3-4-9-24-17/h3-9,14,19H,10-13H2,1-2H3,(H,25,28). The molecule has 1 atom stereocenters. The maximum atomic E-state index is 13.9. The highest BCUT2D eigenvalue weighted by atomic mass is 19.1. The molecule has 1 aromatic heterocycles. The number of carbonyl (C=O) groups excluding carboxylic acids is 2. The summed E-state index contributed by atoms with van der Waals surface area (Å²) >= 11 is 0. The molecule has 1 fully saturated rings. The Morgan fingerprint density at radius 1 is 1.00 bits per heavy atom. The Kier molecular flexibility index (Phi) is 6.41. The zero-order chi connectivity index (χ0) is 21.0. The molecule has 0 bridgehead atoms. The fraction of sp³-hybridized carbons (Fsp3) is 0.381. The number of rotatable bonds is 5. The van der Waals surface area contributed by atoms with Crippen LogP contribution in [0.3, 0.4) is 0 Å². The van der Waals surface area contributed by atoms with E-state index in [0.717, 1.165) is 18.0 Å². The van der Waals surface area contributed by atoms with Crippen molar-refractivity contribution in [3.05, 3.63) is 59.8 Å². The molecule has 1 aliphatic rings. The predicted octanol–water partition coefficient (Wildman–Crippen LogP) is 2.46. The Balaban J connectivity index is 1.67. The number of piperazine rings is 1. The SMILES string of the molecule is CC(C)C(NC(=O)c1c(F)cccc1F)C(=O)N1CCN(c2ccccn2)CC1. The van der Waals surface area contributed by atoms with Crippen molar-refractivity contribution in [3.8, 4) is 0 Å². The monoisotopic (exact) mass is 402 g/mol. The maximum Gasteiger partial charge on any atom is 0.257 e. The summed E-state index contributed by atoms with van der Waals surface area (Å²) in [4.78, 5) is 33.5. The average molecular weight is 402 g/mol. The van der Waals surface area contributed by atoms with E-state index in [1.165, 1.54) is 6.07 Å². The minimum absolute atomic E-state index is 0.241. The number of carbonyl (C=O) groups is 2. The smallest absolute Gasteiger partial charge is 0.257 e. The zero-order valence-corrected chi connectivity index (χ0v) is 16.4. The van der Waals surface area contributed by atoms with Crippen molar-refractivity contribution in [1.82, 2.24) is 15.2 Å². The lowest BCUT2D eigenvalue weighted by atomic mass is 10.0. The van der Waals surface area contributed by atoms with Gasteiger partial charge in [-0.1, -0.05) is 26.0 Å². The van der Waals surface area contributed by atoms with Crippen molar-refractivity contribution in [2.24, 2.45) is 5.92 Å². The number of aromatic nitrogens is 1. The van der Waals surface area contributed by atoms with Crippen LogP contribution in [0.25, 0.3) is 0 Å². The largest absolute Gasteiger partial charge is 0.353 e. The number of amides is 2. The summed E-state index contributed by atoms with van der Waals surface area (Å²) in [5.74, 6) is -2.49. The van der Waals surface area contributed by atoms with Gasteiger partial charge in [0.05, 0.1) is 0 Å². The van der Waals surface area contributed by atoms with E-state index in [1.54, 1.807) is 24.9 Å². The van der Waals surface area contributed by atoms with Gasteiger partial charge in [-0.25, -0.2) is 13.8 Å². The summed E-state index contributed by atoms with van der Waals surface area (Å²) < 4.78 is 27.8. The second-order valence-corrected chi connectivity index (χ2v) is 7.29. The maximum absolute atomic E-state index is 13.9. The lowest BCUT2D eigenvalue weighted by Gasteiger charge is -2.37. The minimum atomic E-state index is -0.957. The first-order chi connectivity index (χ1) is 13.9. The summed E-state index contributed by atoms with van der Waals surface area (Å²) in [7, 11) is 0. The second kappa shape index (κ2) is 8.98. The molecule has 29 heavy (non-hydrogen) atoms. The van der Waals surface area contributed by atoms with Crippen molar-refractivity contribution in [1.29, 1.82) is 0 Å². The third-order valence-corrected chi connectivity index (χ3v) is 4.97. The van der Waals surface area contributed by atoms with Crippen LogP contribution in [0.1, 0.15) is 24.2 Å². The predicted molar refractivity (Wildman–Crippen MR) is 105 cm³/mol. The van der Waals surface area contributed by atoms with Crippen molar-refractivity contribution in [2.45, 2.75) is 19.9 Å². The molecule has 8 heteroatoms. The number of benzene rings is 1. The lowest BCUT2D eigenvalue weighted by Crippen LogP contribution is -2.56. The van der Waals surface area contributed by atoms with Crippen LogP contribution in [-0.4, -0.2) is 53.9 Å². The molecule has 1 aromatic carbocycles. The molecule has 1 N–H and O–H groups in total. The van der Waals surface area contributed by atoms with Gasteiger partial charge in [0.15, 0.2) is 0 Å². The fourth-order valence-electron chi connectivity index (χ4n) is 3.34. The highest BCUT2D eigenvalue weighted by Gasteiger charge is 2.32. The van der Waals surface area contributed by atoms with Gasteiger partial charge in [-0.15, -0.1) is 0 Å². The van der Waals surface area contributed by atoms with Crippen LogP contribution in [-0.2, 0) is 4.79 Å². The van der Waals surface area contributed by atoms with Gasteiger partial charge in [0.1, 0.15) is 29.1 Å². The van der Waals surface area contributed by atoms with Crippen LogP contribution in [0, 0.1) is 17.6 Å². The molecule has 0 aliphatic carbocycles. The third kappa shape index (κ3) is 4.70. The van der Waals surface area contributed by atoms with E-state index >= 15 is 0 Å². The Morgan fingerprint density at radius 2 is 1.66 bits per heavy atom. The van der Waals surface area contributed by atoms with E-state index in [-0.39, 0.29) is 11.8 Å². The number of anilines is 1. The lowest BCUT2D eigenvalue weighted by molar-refractivity contribution is -0.134. The van der Waals surface area contributed by atoms with Gasteiger partial charge in [0.2, 0.25) is 5.91 Å². The van der Waals surface area contributed by atoms with Gasteiger partial charge in [-0.2, -0.15) is 0 Å². The first kappa shape index (κ1) is 20.7. The van der Waals surface area contributed by atoms with E-state index in [0.29, 0.717) is 26.2 Å². The molecular formula is C21H24F2N4O2. The van der Waals surface area contributed by atoms with Gasteiger partial charge < -0.3 is 15.1 Å². The van der Waals surface area contributed by atoms with Gasteiger partial charge in [0.25, 0.3) is 5.91 Å². The molecule has 1 saturated heterocycles. The molecule has 0 saturated carbocycles. The summed E-state index contributed by atoms with van der Waals surface area (Å²) in [5.41, 5.74) is -0.675. The molecule has 2 aromatic rings. The highest BCUT2D eigenvalue weighted by Crippen LogP contribution is 2.16. The van der Waals surface area contributed by atoms with E-state index in [1.807, 2.05) is 18.2 Å². The first-order valence-electron chi connectivity index (χ1n) is 9.58. The van der Waals surface area contributed by atoms with E-state index < -0.39 is 29.1 Å². The van der Waals surface area contributed by atoms with E-state index in [2.05, 4.69) is 15.2 Å². The van der Waals surface area contributed by atoms with Crippen LogP contribution in [0.5, 0.6) is 0 Å². The summed E-state index contributed by atoms with van der Waals surface area (Å²) in [6, 6.07) is 8.01. The van der Waals surface area contributed by atoms with Crippen LogP contribution < -0.4 is 10.2 Å². The van der Waals surface area contributed by atoms with Crippen molar-refractivity contribution in [3.63, 3.8) is 0 Å². The molecule has 0 radical (unpaired) electrons. The molecule has 0 spiro atoms. The molecule has 154 valence electrons. The Morgan fingerprint density at radius 3 is 2.21 bits per heavy atom. The quantitative estimate of drug-likeness (QED) is 0.835. The highest BCUT2D eigenvalue weighted by molar-refractivity contribution is 5.98. The number of nitrogens with one attached hydrogen (secondary N) is 1. The average Bonchev–Trinajstić information content (AvgIpc) is 2.72. The third-order valence-electron chi connectivity index (χ3n) is 4.97. The Labute approximate surface area is 168 Å². The number of hydrogen-bond acceptors (Lipinski definition) is 4. The Hall–Kier alpha value is -3.03. The van der Waals surface area contributed by atoms with Crippen molar-refractivity contribution < 1.29 is 18.4 Å². The number of hydrogen-bond donors (Lipinski definition) is 1. The molecule has 3 rings (SSSR count). The molecular weight excluding hydrogens is 378 g/mol. The topological polar surface area (TPSA) is 65.5 Å². The summed E-state index contributed by atoms with van der Waals surface area (Å²) in [6.45, 7) is 5.74. The number of halogens is 2.